The van der Waals surface area contributed by atoms with Crippen LogP contribution in [0, 0.1) is 0 Å². The van der Waals surface area contributed by atoms with E-state index in [0.717, 1.165) is 11.3 Å². The number of carbonyl (C=O) groups excluding carboxylic acids is 1. The Morgan fingerprint density at radius 2 is 2.24 bits per heavy atom. The van der Waals surface area contributed by atoms with Crippen molar-refractivity contribution in [3.8, 4) is 0 Å². The third-order valence-corrected chi connectivity index (χ3v) is 3.12. The standard InChI is InChI=1S/C13H17NO2S/c1-3-4-10-12(13(15)16-2)14-17-11-8-6-5-7-9-11/h3,5-9,12,14H,1,4,10H2,2H3/t12-/m0/s1. The number of benzene rings is 1. The van der Waals surface area contributed by atoms with Gasteiger partial charge in [-0.25, -0.2) is 4.72 Å². The number of esters is 1. The Kier molecular flexibility index (Phi) is 6.43. The molecule has 0 radical (unpaired) electrons. The van der Waals surface area contributed by atoms with E-state index in [0.29, 0.717) is 6.42 Å². The molecule has 1 N–H and O–H groups in total. The van der Waals surface area contributed by atoms with E-state index in [-0.39, 0.29) is 12.0 Å². The molecule has 1 aromatic carbocycles. The van der Waals surface area contributed by atoms with Crippen LogP contribution in [0.4, 0.5) is 0 Å². The summed E-state index contributed by atoms with van der Waals surface area (Å²) in [5.74, 6) is -0.240. The van der Waals surface area contributed by atoms with Crippen molar-refractivity contribution in [2.45, 2.75) is 23.8 Å². The summed E-state index contributed by atoms with van der Waals surface area (Å²) in [4.78, 5) is 12.6. The summed E-state index contributed by atoms with van der Waals surface area (Å²) in [6, 6.07) is 9.55. The van der Waals surface area contributed by atoms with Gasteiger partial charge < -0.3 is 4.74 Å². The average Bonchev–Trinajstić information content (AvgIpc) is 2.39. The molecule has 0 saturated carbocycles. The Hall–Kier alpha value is -1.26. The minimum atomic E-state index is -0.303. The Morgan fingerprint density at radius 3 is 2.82 bits per heavy atom. The fourth-order valence-corrected chi connectivity index (χ4v) is 2.07. The van der Waals surface area contributed by atoms with Gasteiger partial charge >= 0.3 is 5.97 Å². The van der Waals surface area contributed by atoms with Gasteiger partial charge in [0, 0.05) is 4.90 Å². The van der Waals surface area contributed by atoms with Crippen molar-refractivity contribution in [1.82, 2.24) is 4.72 Å². The Labute approximate surface area is 106 Å². The van der Waals surface area contributed by atoms with Crippen LogP contribution in [0.5, 0.6) is 0 Å². The number of hydrogen-bond donors (Lipinski definition) is 1. The Morgan fingerprint density at radius 1 is 1.53 bits per heavy atom. The summed E-state index contributed by atoms with van der Waals surface area (Å²) >= 11 is 1.44. The quantitative estimate of drug-likeness (QED) is 0.459. The van der Waals surface area contributed by atoms with Crippen molar-refractivity contribution in [2.75, 3.05) is 7.11 Å². The SMILES string of the molecule is C=CCC[C@H](NSc1ccccc1)C(=O)OC. The van der Waals surface area contributed by atoms with Crippen molar-refractivity contribution in [1.29, 1.82) is 0 Å². The molecule has 0 bridgehead atoms. The monoisotopic (exact) mass is 251 g/mol. The molecule has 1 atom stereocenters. The van der Waals surface area contributed by atoms with Crippen LogP contribution < -0.4 is 4.72 Å². The number of nitrogens with one attached hydrogen (secondary N) is 1. The summed E-state index contributed by atoms with van der Waals surface area (Å²) in [5, 5.41) is 0. The minimum Gasteiger partial charge on any atom is -0.468 e. The first-order valence-corrected chi connectivity index (χ1v) is 6.25. The first-order chi connectivity index (χ1) is 8.27. The lowest BCUT2D eigenvalue weighted by molar-refractivity contribution is -0.142. The topological polar surface area (TPSA) is 38.3 Å². The Bertz CT molecular complexity index is 354. The second kappa shape index (κ2) is 7.92. The van der Waals surface area contributed by atoms with Gasteiger partial charge in [-0.05, 0) is 36.9 Å². The number of methoxy groups -OCH3 is 1. The predicted molar refractivity (Wildman–Crippen MR) is 70.7 cm³/mol. The third kappa shape index (κ3) is 5.06. The fraction of sp³-hybridized carbons (Fsp3) is 0.308. The molecular weight excluding hydrogens is 234 g/mol. The van der Waals surface area contributed by atoms with Crippen molar-refractivity contribution in [2.24, 2.45) is 0 Å². The molecule has 0 aliphatic rings. The number of allylic oxidation sites excluding steroid dienone is 1. The molecule has 4 heteroatoms. The number of hydrogen-bond acceptors (Lipinski definition) is 4. The van der Waals surface area contributed by atoms with Crippen LogP contribution in [0.2, 0.25) is 0 Å². The van der Waals surface area contributed by atoms with E-state index < -0.39 is 0 Å². The normalized spacial score (nSPS) is 11.8. The molecule has 0 saturated heterocycles. The highest BCUT2D eigenvalue weighted by molar-refractivity contribution is 7.97. The summed E-state index contributed by atoms with van der Waals surface area (Å²) in [6.45, 7) is 3.65. The smallest absolute Gasteiger partial charge is 0.323 e. The van der Waals surface area contributed by atoms with Gasteiger partial charge in [-0.15, -0.1) is 6.58 Å². The van der Waals surface area contributed by atoms with Crippen LogP contribution in [0.25, 0.3) is 0 Å². The molecule has 0 fully saturated rings. The van der Waals surface area contributed by atoms with Crippen molar-refractivity contribution in [3.05, 3.63) is 43.0 Å². The lowest BCUT2D eigenvalue weighted by Gasteiger charge is -2.14. The lowest BCUT2D eigenvalue weighted by Crippen LogP contribution is -2.33. The first-order valence-electron chi connectivity index (χ1n) is 5.44. The van der Waals surface area contributed by atoms with Gasteiger partial charge in [-0.2, -0.15) is 0 Å². The van der Waals surface area contributed by atoms with Crippen molar-refractivity contribution in [3.63, 3.8) is 0 Å². The molecule has 0 aromatic heterocycles. The van der Waals surface area contributed by atoms with Gasteiger partial charge in [0.2, 0.25) is 0 Å². The van der Waals surface area contributed by atoms with Gasteiger partial charge in [0.25, 0.3) is 0 Å². The second-order valence-corrected chi connectivity index (χ2v) is 4.39. The largest absolute Gasteiger partial charge is 0.468 e. The summed E-state index contributed by atoms with van der Waals surface area (Å²) in [5.41, 5.74) is 0. The van der Waals surface area contributed by atoms with Gasteiger partial charge in [0.05, 0.1) is 7.11 Å². The van der Waals surface area contributed by atoms with E-state index in [1.54, 1.807) is 6.08 Å². The highest BCUT2D eigenvalue weighted by atomic mass is 32.2. The highest BCUT2D eigenvalue weighted by Gasteiger charge is 2.17. The molecule has 0 aliphatic carbocycles. The first kappa shape index (κ1) is 13.8. The molecule has 1 aromatic rings. The second-order valence-electron chi connectivity index (χ2n) is 3.47. The zero-order valence-electron chi connectivity index (χ0n) is 9.89. The maximum absolute atomic E-state index is 11.5. The third-order valence-electron chi connectivity index (χ3n) is 2.21. The molecule has 0 unspecified atom stereocenters. The molecule has 1 rings (SSSR count). The zero-order chi connectivity index (χ0) is 12.5. The van der Waals surface area contributed by atoms with Crippen LogP contribution in [-0.4, -0.2) is 19.1 Å². The van der Waals surface area contributed by atoms with Crippen LogP contribution in [0.1, 0.15) is 12.8 Å². The molecule has 0 spiro atoms. The van der Waals surface area contributed by atoms with E-state index >= 15 is 0 Å². The van der Waals surface area contributed by atoms with E-state index in [9.17, 15) is 4.79 Å². The predicted octanol–water partition coefficient (Wildman–Crippen LogP) is 2.79. The van der Waals surface area contributed by atoms with Crippen LogP contribution in [0.15, 0.2) is 47.9 Å². The summed E-state index contributed by atoms with van der Waals surface area (Å²) in [7, 11) is 1.40. The maximum Gasteiger partial charge on any atom is 0.323 e. The molecule has 0 heterocycles. The van der Waals surface area contributed by atoms with E-state index in [4.69, 9.17) is 4.74 Å². The number of rotatable bonds is 7. The number of ether oxygens (including phenoxy) is 1. The average molecular weight is 251 g/mol. The molecule has 0 aliphatic heterocycles. The minimum absolute atomic E-state index is 0.240. The summed E-state index contributed by atoms with van der Waals surface area (Å²) in [6.07, 6.45) is 3.27. The molecule has 17 heavy (non-hydrogen) atoms. The van der Waals surface area contributed by atoms with Gasteiger partial charge in [-0.3, -0.25) is 4.79 Å². The fourth-order valence-electron chi connectivity index (χ4n) is 1.28. The molecule has 92 valence electrons. The van der Waals surface area contributed by atoms with Gasteiger partial charge in [0.15, 0.2) is 0 Å². The van der Waals surface area contributed by atoms with Gasteiger partial charge in [0.1, 0.15) is 6.04 Å². The zero-order valence-corrected chi connectivity index (χ0v) is 10.7. The molecule has 0 amide bonds. The van der Waals surface area contributed by atoms with Gasteiger partial charge in [-0.1, -0.05) is 24.3 Å². The van der Waals surface area contributed by atoms with Crippen molar-refractivity contribution < 1.29 is 9.53 Å². The van der Waals surface area contributed by atoms with Crippen LogP contribution in [0.3, 0.4) is 0 Å². The van der Waals surface area contributed by atoms with Crippen LogP contribution >= 0.6 is 11.9 Å². The summed E-state index contributed by atoms with van der Waals surface area (Å²) < 4.78 is 7.86. The van der Waals surface area contributed by atoms with E-state index in [2.05, 4.69) is 11.3 Å². The Balaban J connectivity index is 2.48. The van der Waals surface area contributed by atoms with Crippen molar-refractivity contribution >= 4 is 17.9 Å². The van der Waals surface area contributed by atoms with E-state index in [1.165, 1.54) is 19.1 Å². The lowest BCUT2D eigenvalue weighted by atomic mass is 10.2. The highest BCUT2D eigenvalue weighted by Crippen LogP contribution is 2.15. The molecular formula is C13H17NO2S. The van der Waals surface area contributed by atoms with E-state index in [1.807, 2.05) is 30.3 Å². The van der Waals surface area contributed by atoms with Crippen LogP contribution in [-0.2, 0) is 9.53 Å². The molecule has 3 nitrogen and oxygen atoms in total. The maximum atomic E-state index is 11.5. The number of carbonyl (C=O) groups is 1.